The zero-order valence-corrected chi connectivity index (χ0v) is 22.1. The molecule has 1 aliphatic rings. The molecular formula is C33H34FN3O2. The van der Waals surface area contributed by atoms with Crippen LogP contribution in [0.3, 0.4) is 0 Å². The number of nitrogens with zero attached hydrogens (tertiary/aromatic N) is 3. The number of piperazine rings is 1. The second-order valence-corrected chi connectivity index (χ2v) is 9.93. The molecule has 1 aliphatic heterocycles. The van der Waals surface area contributed by atoms with Crippen molar-refractivity contribution in [2.75, 3.05) is 32.7 Å². The quantitative estimate of drug-likeness (QED) is 0.252. The molecule has 0 bridgehead atoms. The van der Waals surface area contributed by atoms with Crippen molar-refractivity contribution in [1.29, 1.82) is 0 Å². The standard InChI is InChI=1S/C33H34FN3O2/c34-30-15-13-29(14-16-30)25-36(24-28-10-5-2-6-11-28)26-31-17-18-32(39-31)33(38)37-22-20-35(21-23-37)19-7-12-27-8-3-1-4-9-27/h1-18H,19-26H2. The average Bonchev–Trinajstić information content (AvgIpc) is 3.44. The van der Waals surface area contributed by atoms with Gasteiger partial charge in [0.2, 0.25) is 0 Å². The number of rotatable bonds is 10. The fourth-order valence-corrected chi connectivity index (χ4v) is 4.85. The minimum Gasteiger partial charge on any atom is -0.455 e. The zero-order valence-electron chi connectivity index (χ0n) is 22.1. The summed E-state index contributed by atoms with van der Waals surface area (Å²) in [7, 11) is 0. The third kappa shape index (κ3) is 7.76. The van der Waals surface area contributed by atoms with E-state index in [2.05, 4.69) is 46.2 Å². The van der Waals surface area contributed by atoms with E-state index in [0.717, 1.165) is 31.0 Å². The number of furan rings is 1. The van der Waals surface area contributed by atoms with Crippen molar-refractivity contribution >= 4 is 12.0 Å². The molecule has 0 atom stereocenters. The van der Waals surface area contributed by atoms with Crippen LogP contribution in [-0.2, 0) is 19.6 Å². The van der Waals surface area contributed by atoms with Crippen LogP contribution in [0.5, 0.6) is 0 Å². The van der Waals surface area contributed by atoms with Crippen LogP contribution in [0.1, 0.15) is 33.0 Å². The van der Waals surface area contributed by atoms with E-state index in [1.165, 1.54) is 23.3 Å². The van der Waals surface area contributed by atoms with Crippen LogP contribution in [0.25, 0.3) is 6.08 Å². The van der Waals surface area contributed by atoms with E-state index >= 15 is 0 Å². The third-order valence-electron chi connectivity index (χ3n) is 6.95. The van der Waals surface area contributed by atoms with Gasteiger partial charge in [-0.1, -0.05) is 84.9 Å². The van der Waals surface area contributed by atoms with Crippen LogP contribution in [-0.4, -0.2) is 53.3 Å². The largest absolute Gasteiger partial charge is 0.455 e. The number of carbonyl (C=O) groups is 1. The number of carbonyl (C=O) groups excluding carboxylic acids is 1. The predicted octanol–water partition coefficient (Wildman–Crippen LogP) is 6.09. The van der Waals surface area contributed by atoms with Gasteiger partial charge in [-0.2, -0.15) is 0 Å². The summed E-state index contributed by atoms with van der Waals surface area (Å²) in [6, 6.07) is 30.8. The van der Waals surface area contributed by atoms with Crippen molar-refractivity contribution < 1.29 is 13.6 Å². The van der Waals surface area contributed by atoms with Crippen molar-refractivity contribution in [2.45, 2.75) is 19.6 Å². The molecule has 0 N–H and O–H groups in total. The molecule has 0 unspecified atom stereocenters. The lowest BCUT2D eigenvalue weighted by molar-refractivity contribution is 0.0615. The molecule has 1 fully saturated rings. The highest BCUT2D eigenvalue weighted by molar-refractivity contribution is 5.91. The van der Waals surface area contributed by atoms with Gasteiger partial charge in [-0.05, 0) is 41.0 Å². The molecule has 2 heterocycles. The fourth-order valence-electron chi connectivity index (χ4n) is 4.85. The number of halogens is 1. The Balaban J connectivity index is 1.16. The molecule has 5 nitrogen and oxygen atoms in total. The summed E-state index contributed by atoms with van der Waals surface area (Å²) in [5.74, 6) is 0.811. The topological polar surface area (TPSA) is 39.9 Å². The number of amides is 1. The average molecular weight is 524 g/mol. The van der Waals surface area contributed by atoms with Gasteiger partial charge in [0, 0.05) is 45.8 Å². The Hall–Kier alpha value is -4.00. The van der Waals surface area contributed by atoms with Crippen molar-refractivity contribution in [3.8, 4) is 0 Å². The Labute approximate surface area is 229 Å². The maximum absolute atomic E-state index is 13.4. The van der Waals surface area contributed by atoms with E-state index in [0.29, 0.717) is 38.5 Å². The number of benzene rings is 3. The van der Waals surface area contributed by atoms with Crippen LogP contribution < -0.4 is 0 Å². The van der Waals surface area contributed by atoms with Crippen molar-refractivity contribution in [1.82, 2.24) is 14.7 Å². The maximum atomic E-state index is 13.4. The van der Waals surface area contributed by atoms with Crippen LogP contribution in [0.4, 0.5) is 4.39 Å². The van der Waals surface area contributed by atoms with E-state index < -0.39 is 0 Å². The van der Waals surface area contributed by atoms with Crippen molar-refractivity contribution in [3.05, 3.63) is 137 Å². The maximum Gasteiger partial charge on any atom is 0.289 e. The van der Waals surface area contributed by atoms with Crippen molar-refractivity contribution in [3.63, 3.8) is 0 Å². The summed E-state index contributed by atoms with van der Waals surface area (Å²) in [5.41, 5.74) is 3.39. The van der Waals surface area contributed by atoms with Crippen LogP contribution in [0.15, 0.2) is 108 Å². The normalized spacial score (nSPS) is 14.4. The Morgan fingerprint density at radius 2 is 1.41 bits per heavy atom. The summed E-state index contributed by atoms with van der Waals surface area (Å²) in [4.78, 5) is 19.6. The first-order chi connectivity index (χ1) is 19.1. The van der Waals surface area contributed by atoms with Crippen LogP contribution in [0.2, 0.25) is 0 Å². The lowest BCUT2D eigenvalue weighted by atomic mass is 10.1. The van der Waals surface area contributed by atoms with Gasteiger partial charge in [0.15, 0.2) is 5.76 Å². The molecule has 0 saturated carbocycles. The van der Waals surface area contributed by atoms with Gasteiger partial charge in [0.05, 0.1) is 6.54 Å². The van der Waals surface area contributed by atoms with Gasteiger partial charge < -0.3 is 9.32 Å². The zero-order chi connectivity index (χ0) is 26.9. The smallest absolute Gasteiger partial charge is 0.289 e. The lowest BCUT2D eigenvalue weighted by Crippen LogP contribution is -2.48. The Bertz CT molecular complexity index is 1340. The second-order valence-electron chi connectivity index (χ2n) is 9.93. The molecular weight excluding hydrogens is 489 g/mol. The van der Waals surface area contributed by atoms with Gasteiger partial charge in [0.25, 0.3) is 5.91 Å². The molecule has 200 valence electrons. The van der Waals surface area contributed by atoms with E-state index in [1.54, 1.807) is 6.07 Å². The molecule has 1 aromatic heterocycles. The molecule has 0 spiro atoms. The first kappa shape index (κ1) is 26.6. The second kappa shape index (κ2) is 13.2. The van der Waals surface area contributed by atoms with Gasteiger partial charge in [-0.15, -0.1) is 0 Å². The summed E-state index contributed by atoms with van der Waals surface area (Å²) in [6.07, 6.45) is 4.32. The van der Waals surface area contributed by atoms with E-state index in [1.807, 2.05) is 59.5 Å². The highest BCUT2D eigenvalue weighted by Crippen LogP contribution is 2.18. The van der Waals surface area contributed by atoms with Gasteiger partial charge in [-0.3, -0.25) is 14.6 Å². The molecule has 1 saturated heterocycles. The summed E-state index contributed by atoms with van der Waals surface area (Å²) < 4.78 is 19.5. The summed E-state index contributed by atoms with van der Waals surface area (Å²) in [5, 5.41) is 0. The Morgan fingerprint density at radius 1 is 0.769 bits per heavy atom. The van der Waals surface area contributed by atoms with Gasteiger partial charge in [-0.25, -0.2) is 4.39 Å². The molecule has 1 amide bonds. The third-order valence-corrected chi connectivity index (χ3v) is 6.95. The Kier molecular flexibility index (Phi) is 8.99. The highest BCUT2D eigenvalue weighted by atomic mass is 19.1. The molecule has 0 aliphatic carbocycles. The number of hydrogen-bond acceptors (Lipinski definition) is 4. The predicted molar refractivity (Wildman–Crippen MR) is 152 cm³/mol. The minimum absolute atomic E-state index is 0.0612. The number of hydrogen-bond donors (Lipinski definition) is 0. The molecule has 39 heavy (non-hydrogen) atoms. The lowest BCUT2D eigenvalue weighted by Gasteiger charge is -2.33. The van der Waals surface area contributed by atoms with Crippen molar-refractivity contribution in [2.24, 2.45) is 0 Å². The molecule has 0 radical (unpaired) electrons. The monoisotopic (exact) mass is 523 g/mol. The minimum atomic E-state index is -0.243. The summed E-state index contributed by atoms with van der Waals surface area (Å²) in [6.45, 7) is 5.79. The fraction of sp³-hybridized carbons (Fsp3) is 0.242. The SMILES string of the molecule is O=C(c1ccc(CN(Cc2ccccc2)Cc2ccc(F)cc2)o1)N1CCN(CC=Cc2ccccc2)CC1. The molecule has 5 rings (SSSR count). The molecule has 4 aromatic rings. The van der Waals surface area contributed by atoms with E-state index in [-0.39, 0.29) is 11.7 Å². The van der Waals surface area contributed by atoms with E-state index in [9.17, 15) is 9.18 Å². The molecule has 6 heteroatoms. The van der Waals surface area contributed by atoms with Gasteiger partial charge >= 0.3 is 0 Å². The molecule has 3 aromatic carbocycles. The Morgan fingerprint density at radius 3 is 2.10 bits per heavy atom. The van der Waals surface area contributed by atoms with E-state index in [4.69, 9.17) is 4.42 Å². The summed E-state index contributed by atoms with van der Waals surface area (Å²) >= 11 is 0. The van der Waals surface area contributed by atoms with Crippen LogP contribution >= 0.6 is 0 Å². The highest BCUT2D eigenvalue weighted by Gasteiger charge is 2.24. The first-order valence-corrected chi connectivity index (χ1v) is 13.4. The first-order valence-electron chi connectivity index (χ1n) is 13.4. The van der Waals surface area contributed by atoms with Gasteiger partial charge in [0.1, 0.15) is 11.6 Å². The van der Waals surface area contributed by atoms with Crippen LogP contribution in [0, 0.1) is 5.82 Å².